The molecule has 0 saturated heterocycles. The Morgan fingerprint density at radius 3 is 2.26 bits per heavy atom. The number of carbonyl (C=O) groups excluding carboxylic acids is 1. The molecule has 0 aromatic carbocycles. The van der Waals surface area contributed by atoms with E-state index in [9.17, 15) is 22.9 Å². The topological polar surface area (TPSA) is 113 Å². The SMILES string of the molecule is COC(=O)[C@@]1(C)C2CC[C@@H]3[C@]4(CC[C@]5(C)[C@@H]([C@H](C)C[C@@H](O)C=C(C)C)CC[C@@]35C)C[C@]24CC[C@@H]1OS(=O)(=O)[O-]. The van der Waals surface area contributed by atoms with Gasteiger partial charge in [0.1, 0.15) is 0 Å². The number of fused-ring (bicyclic) bond motifs is 2. The van der Waals surface area contributed by atoms with E-state index in [4.69, 9.17) is 8.92 Å². The van der Waals surface area contributed by atoms with Gasteiger partial charge in [-0.1, -0.05) is 32.4 Å². The summed E-state index contributed by atoms with van der Waals surface area (Å²) >= 11 is 0. The van der Waals surface area contributed by atoms with E-state index in [0.29, 0.717) is 24.2 Å². The Bertz CT molecular complexity index is 1150. The molecule has 11 atom stereocenters. The number of hydrogen-bond acceptors (Lipinski definition) is 7. The van der Waals surface area contributed by atoms with Crippen molar-refractivity contribution in [2.24, 2.45) is 50.7 Å². The van der Waals surface area contributed by atoms with Gasteiger partial charge in [-0.2, -0.15) is 0 Å². The van der Waals surface area contributed by atoms with Gasteiger partial charge < -0.3 is 14.4 Å². The van der Waals surface area contributed by atoms with E-state index in [1.165, 1.54) is 20.0 Å². The molecule has 8 heteroatoms. The molecule has 5 rings (SSSR count). The van der Waals surface area contributed by atoms with Crippen LogP contribution in [-0.4, -0.2) is 43.4 Å². The van der Waals surface area contributed by atoms with E-state index in [2.05, 4.69) is 20.8 Å². The fraction of sp³-hybridized carbons (Fsp3) is 0.903. The number of ether oxygens (including phenoxy) is 1. The molecule has 0 heterocycles. The second kappa shape index (κ2) is 9.27. The molecule has 7 nitrogen and oxygen atoms in total. The van der Waals surface area contributed by atoms with Crippen molar-refractivity contribution < 1.29 is 31.8 Å². The van der Waals surface area contributed by atoms with Crippen LogP contribution < -0.4 is 0 Å². The Hall–Kier alpha value is -0.960. The molecule has 0 aliphatic heterocycles. The standard InChI is InChI=1S/C31H50O7S/c1-19(2)16-21(32)17-20(3)22-10-12-28(5)23-8-9-24-29(6,26(33)37-7)25(38-39(34,35)36)11-13-30(24)18-31(23,30)15-14-27(22,28)4/h16,20-25,32H,8-15,17-18H2,1-7H3,(H,34,35,36)/p-1/t20-,21+,22-,23+,24?,25+,27-,28+,29+,30-,31+/m1/s1. The minimum atomic E-state index is -4.94. The van der Waals surface area contributed by atoms with Gasteiger partial charge in [-0.25, -0.2) is 8.42 Å². The average molecular weight is 566 g/mol. The Balaban J connectivity index is 1.44. The van der Waals surface area contributed by atoms with Gasteiger partial charge in [-0.15, -0.1) is 0 Å². The summed E-state index contributed by atoms with van der Waals surface area (Å²) in [4.78, 5) is 13.3. The first-order chi connectivity index (χ1) is 18.0. The molecule has 0 radical (unpaired) electrons. The van der Waals surface area contributed by atoms with Crippen LogP contribution in [0, 0.1) is 50.7 Å². The Morgan fingerprint density at radius 2 is 1.64 bits per heavy atom. The Labute approximate surface area is 235 Å². The maximum Gasteiger partial charge on any atom is 0.314 e. The minimum Gasteiger partial charge on any atom is -0.726 e. The Kier molecular flexibility index (Phi) is 7.02. The summed E-state index contributed by atoms with van der Waals surface area (Å²) in [6.07, 6.45) is 10.1. The molecule has 39 heavy (non-hydrogen) atoms. The summed E-state index contributed by atoms with van der Waals surface area (Å²) in [5.74, 6) is 1.04. The van der Waals surface area contributed by atoms with Crippen molar-refractivity contribution in [3.05, 3.63) is 11.6 Å². The van der Waals surface area contributed by atoms with E-state index in [-0.39, 0.29) is 27.6 Å². The van der Waals surface area contributed by atoms with Crippen LogP contribution in [0.4, 0.5) is 0 Å². The van der Waals surface area contributed by atoms with Gasteiger partial charge in [-0.3, -0.25) is 8.98 Å². The van der Waals surface area contributed by atoms with Crippen LogP contribution >= 0.6 is 0 Å². The fourth-order valence-electron chi connectivity index (χ4n) is 11.8. The van der Waals surface area contributed by atoms with Gasteiger partial charge in [0.2, 0.25) is 10.4 Å². The number of methoxy groups -OCH3 is 1. The van der Waals surface area contributed by atoms with Crippen molar-refractivity contribution in [2.45, 2.75) is 118 Å². The van der Waals surface area contributed by atoms with E-state index >= 15 is 0 Å². The number of esters is 1. The fourth-order valence-corrected chi connectivity index (χ4v) is 12.4. The van der Waals surface area contributed by atoms with E-state index in [1.807, 2.05) is 19.9 Å². The van der Waals surface area contributed by atoms with Crippen molar-refractivity contribution >= 4 is 16.4 Å². The van der Waals surface area contributed by atoms with Gasteiger partial charge in [0.15, 0.2) is 0 Å². The van der Waals surface area contributed by atoms with Gasteiger partial charge in [0.25, 0.3) is 0 Å². The monoisotopic (exact) mass is 565 g/mol. The third kappa shape index (κ3) is 4.04. The van der Waals surface area contributed by atoms with Crippen molar-refractivity contribution in [3.63, 3.8) is 0 Å². The first kappa shape index (κ1) is 29.5. The predicted molar refractivity (Wildman–Crippen MR) is 147 cm³/mol. The summed E-state index contributed by atoms with van der Waals surface area (Å²) in [6.45, 7) is 13.2. The number of aliphatic hydroxyl groups excluding tert-OH is 1. The maximum absolute atomic E-state index is 13.3. The smallest absolute Gasteiger partial charge is 0.314 e. The van der Waals surface area contributed by atoms with Gasteiger partial charge in [0, 0.05) is 0 Å². The first-order valence-corrected chi connectivity index (χ1v) is 16.4. The molecule has 5 fully saturated rings. The lowest BCUT2D eigenvalue weighted by Crippen LogP contribution is -2.60. The highest BCUT2D eigenvalue weighted by molar-refractivity contribution is 7.80. The van der Waals surface area contributed by atoms with Crippen molar-refractivity contribution in [3.8, 4) is 0 Å². The van der Waals surface area contributed by atoms with E-state index in [0.717, 1.165) is 50.5 Å². The second-order valence-electron chi connectivity index (χ2n) is 15.0. The number of rotatable bonds is 7. The van der Waals surface area contributed by atoms with Gasteiger partial charge in [0.05, 0.1) is 24.7 Å². The molecule has 1 N–H and O–H groups in total. The molecule has 5 aliphatic carbocycles. The van der Waals surface area contributed by atoms with Crippen LogP contribution in [0.5, 0.6) is 0 Å². The summed E-state index contributed by atoms with van der Waals surface area (Å²) in [7, 11) is -3.60. The van der Waals surface area contributed by atoms with Crippen LogP contribution in [0.25, 0.3) is 0 Å². The molecule has 222 valence electrons. The van der Waals surface area contributed by atoms with Crippen LogP contribution in [0.15, 0.2) is 11.6 Å². The zero-order valence-corrected chi connectivity index (χ0v) is 25.7. The molecule has 2 spiro atoms. The average Bonchev–Trinajstić information content (AvgIpc) is 3.41. The van der Waals surface area contributed by atoms with E-state index < -0.39 is 34.0 Å². The normalized spacial score (nSPS) is 48.0. The Morgan fingerprint density at radius 1 is 1.00 bits per heavy atom. The largest absolute Gasteiger partial charge is 0.726 e. The minimum absolute atomic E-state index is 0.0287. The summed E-state index contributed by atoms with van der Waals surface area (Å²) in [6, 6.07) is 0. The molecule has 0 aromatic rings. The maximum atomic E-state index is 13.3. The first-order valence-electron chi connectivity index (χ1n) is 15.1. The molecule has 5 aliphatic rings. The molecule has 0 bridgehead atoms. The zero-order chi connectivity index (χ0) is 28.8. The highest BCUT2D eigenvalue weighted by atomic mass is 32.3. The summed E-state index contributed by atoms with van der Waals surface area (Å²) in [5.41, 5.74) is 0.507. The third-order valence-electron chi connectivity index (χ3n) is 13.5. The van der Waals surface area contributed by atoms with E-state index in [1.54, 1.807) is 6.92 Å². The molecule has 5 saturated carbocycles. The third-order valence-corrected chi connectivity index (χ3v) is 13.9. The summed E-state index contributed by atoms with van der Waals surface area (Å²) < 4.78 is 45.2. The van der Waals surface area contributed by atoms with Crippen molar-refractivity contribution in [2.75, 3.05) is 7.11 Å². The summed E-state index contributed by atoms with van der Waals surface area (Å²) in [5, 5.41) is 10.7. The molecule has 1 unspecified atom stereocenters. The van der Waals surface area contributed by atoms with Crippen molar-refractivity contribution in [1.82, 2.24) is 0 Å². The lowest BCUT2D eigenvalue weighted by atomic mass is 9.41. The molecular weight excluding hydrogens is 516 g/mol. The van der Waals surface area contributed by atoms with Crippen LogP contribution in [0.2, 0.25) is 0 Å². The highest BCUT2D eigenvalue weighted by Crippen LogP contribution is 2.89. The number of aliphatic hydroxyl groups is 1. The van der Waals surface area contributed by atoms with Gasteiger partial charge >= 0.3 is 5.97 Å². The zero-order valence-electron chi connectivity index (χ0n) is 24.9. The number of allylic oxidation sites excluding steroid dienone is 1. The van der Waals surface area contributed by atoms with Crippen LogP contribution in [-0.2, 0) is 24.1 Å². The second-order valence-corrected chi connectivity index (χ2v) is 16.0. The highest BCUT2D eigenvalue weighted by Gasteiger charge is 2.83. The number of hydrogen-bond donors (Lipinski definition) is 1. The van der Waals surface area contributed by atoms with Crippen LogP contribution in [0.1, 0.15) is 106 Å². The number of carbonyl (C=O) groups is 1. The molecule has 0 amide bonds. The molecule has 0 aromatic heterocycles. The van der Waals surface area contributed by atoms with Crippen LogP contribution in [0.3, 0.4) is 0 Å². The predicted octanol–water partition coefficient (Wildman–Crippen LogP) is 5.78. The quantitative estimate of drug-likeness (QED) is 0.180. The lowest BCUT2D eigenvalue weighted by molar-refractivity contribution is -0.189. The lowest BCUT2D eigenvalue weighted by Gasteiger charge is -2.63. The van der Waals surface area contributed by atoms with Gasteiger partial charge in [-0.05, 0) is 130 Å². The van der Waals surface area contributed by atoms with Crippen molar-refractivity contribution in [1.29, 1.82) is 0 Å². The molecular formula is C31H49O7S-.